The predicted octanol–water partition coefficient (Wildman–Crippen LogP) is 5.12. The minimum Gasteiger partial charge on any atom is -0.481 e. The molecule has 2 heterocycles. The van der Waals surface area contributed by atoms with Gasteiger partial charge in [-0.05, 0) is 67.7 Å². The number of fused-ring (bicyclic) bond motifs is 1. The lowest BCUT2D eigenvalue weighted by atomic mass is 9.75. The van der Waals surface area contributed by atoms with Crippen LogP contribution < -0.4 is 10.1 Å². The first-order valence-electron chi connectivity index (χ1n) is 10.8. The van der Waals surface area contributed by atoms with Gasteiger partial charge in [0.2, 0.25) is 5.88 Å². The van der Waals surface area contributed by atoms with Crippen LogP contribution in [0.3, 0.4) is 0 Å². The van der Waals surface area contributed by atoms with Gasteiger partial charge in [0.05, 0.1) is 18.2 Å². The van der Waals surface area contributed by atoms with Gasteiger partial charge in [-0.15, -0.1) is 0 Å². The third-order valence-electron chi connectivity index (χ3n) is 6.39. The summed E-state index contributed by atoms with van der Waals surface area (Å²) in [5.74, 6) is 1.52. The Morgan fingerprint density at radius 3 is 2.60 bits per heavy atom. The molecule has 0 aliphatic heterocycles. The number of carbonyl (C=O) groups is 1. The second kappa shape index (κ2) is 9.24. The molecule has 1 aliphatic carbocycles. The minimum atomic E-state index is -0.0575. The highest BCUT2D eigenvalue weighted by Crippen LogP contribution is 2.38. The third kappa shape index (κ3) is 4.45. The lowest BCUT2D eigenvalue weighted by Crippen LogP contribution is -2.41. The number of hydrogen-bond acceptors (Lipinski definition) is 4. The summed E-state index contributed by atoms with van der Waals surface area (Å²) in [6.07, 6.45) is 9.08. The Bertz CT molecular complexity index is 995. The molecule has 1 atom stereocenters. The number of hydrogen-bond donors (Lipinski definition) is 1. The summed E-state index contributed by atoms with van der Waals surface area (Å²) >= 11 is 0. The Hall–Kier alpha value is -2.95. The molecule has 3 aromatic rings. The maximum Gasteiger partial charge on any atom is 0.253 e. The highest BCUT2D eigenvalue weighted by molar-refractivity contribution is 5.94. The maximum absolute atomic E-state index is 12.7. The number of ether oxygens (including phenoxy) is 1. The molecule has 1 amide bonds. The van der Waals surface area contributed by atoms with Crippen LogP contribution in [-0.2, 0) is 0 Å². The second-order valence-corrected chi connectivity index (χ2v) is 8.15. The molecule has 0 radical (unpaired) electrons. The third-order valence-corrected chi connectivity index (χ3v) is 6.39. The lowest BCUT2D eigenvalue weighted by molar-refractivity contribution is 0.0909. The zero-order chi connectivity index (χ0) is 20.9. The SMILES string of the molecule is CC[C@@H](NC(=O)c1ccc(OC)nc1)C1CCC(c2cnc3ccccc3c2)CC1. The van der Waals surface area contributed by atoms with Crippen LogP contribution >= 0.6 is 0 Å². The van der Waals surface area contributed by atoms with Crippen molar-refractivity contribution in [2.75, 3.05) is 7.11 Å². The largest absolute Gasteiger partial charge is 0.481 e. The van der Waals surface area contributed by atoms with E-state index in [9.17, 15) is 4.79 Å². The van der Waals surface area contributed by atoms with Gasteiger partial charge in [0.15, 0.2) is 0 Å². The van der Waals surface area contributed by atoms with Crippen LogP contribution in [-0.4, -0.2) is 29.0 Å². The molecule has 1 N–H and O–H groups in total. The molecular formula is C25H29N3O2. The molecular weight excluding hydrogens is 374 g/mol. The van der Waals surface area contributed by atoms with Gasteiger partial charge < -0.3 is 10.1 Å². The first-order valence-corrected chi connectivity index (χ1v) is 10.8. The molecule has 4 rings (SSSR count). The van der Waals surface area contributed by atoms with Crippen LogP contribution in [0, 0.1) is 5.92 Å². The van der Waals surface area contributed by atoms with Crippen molar-refractivity contribution in [1.29, 1.82) is 0 Å². The first kappa shape index (κ1) is 20.3. The smallest absolute Gasteiger partial charge is 0.253 e. The molecule has 5 nitrogen and oxygen atoms in total. The molecule has 2 aromatic heterocycles. The molecule has 1 aliphatic rings. The number of pyridine rings is 2. The van der Waals surface area contributed by atoms with E-state index in [0.717, 1.165) is 37.6 Å². The van der Waals surface area contributed by atoms with Crippen LogP contribution in [0.1, 0.15) is 60.9 Å². The highest BCUT2D eigenvalue weighted by Gasteiger charge is 2.29. The Balaban J connectivity index is 1.37. The van der Waals surface area contributed by atoms with E-state index >= 15 is 0 Å². The summed E-state index contributed by atoms with van der Waals surface area (Å²) in [5.41, 5.74) is 2.97. The summed E-state index contributed by atoms with van der Waals surface area (Å²) in [5, 5.41) is 4.45. The number of aromatic nitrogens is 2. The summed E-state index contributed by atoms with van der Waals surface area (Å²) in [6.45, 7) is 2.15. The van der Waals surface area contributed by atoms with Gasteiger partial charge >= 0.3 is 0 Å². The minimum absolute atomic E-state index is 0.0575. The van der Waals surface area contributed by atoms with Crippen molar-refractivity contribution in [2.24, 2.45) is 5.92 Å². The second-order valence-electron chi connectivity index (χ2n) is 8.15. The van der Waals surface area contributed by atoms with Crippen LogP contribution in [0.25, 0.3) is 10.9 Å². The average molecular weight is 404 g/mol. The van der Waals surface area contributed by atoms with E-state index in [1.807, 2.05) is 12.3 Å². The number of benzene rings is 1. The fourth-order valence-corrected chi connectivity index (χ4v) is 4.61. The van der Waals surface area contributed by atoms with Crippen molar-refractivity contribution < 1.29 is 9.53 Å². The van der Waals surface area contributed by atoms with Crippen molar-refractivity contribution in [1.82, 2.24) is 15.3 Å². The Kier molecular flexibility index (Phi) is 6.26. The van der Waals surface area contributed by atoms with Crippen molar-refractivity contribution in [2.45, 2.75) is 51.0 Å². The first-order chi connectivity index (χ1) is 14.7. The fourth-order valence-electron chi connectivity index (χ4n) is 4.61. The number of carbonyl (C=O) groups excluding carboxylic acids is 1. The van der Waals surface area contributed by atoms with Crippen molar-refractivity contribution in [3.8, 4) is 5.88 Å². The van der Waals surface area contributed by atoms with E-state index in [0.29, 0.717) is 23.3 Å². The van der Waals surface area contributed by atoms with Crippen LogP contribution in [0.2, 0.25) is 0 Å². The van der Waals surface area contributed by atoms with E-state index in [4.69, 9.17) is 4.74 Å². The standard InChI is InChI=1S/C25H29N3O2/c1-3-22(28-25(29)20-12-13-24(30-2)27-15-20)18-10-8-17(9-11-18)21-14-19-6-4-5-7-23(19)26-16-21/h4-7,12-18,22H,3,8-11H2,1-2H3,(H,28,29)/t17?,18?,22-/m1/s1. The lowest BCUT2D eigenvalue weighted by Gasteiger charge is -2.34. The van der Waals surface area contributed by atoms with Crippen LogP contribution in [0.15, 0.2) is 54.9 Å². The Morgan fingerprint density at radius 2 is 1.90 bits per heavy atom. The predicted molar refractivity (Wildman–Crippen MR) is 119 cm³/mol. The molecule has 30 heavy (non-hydrogen) atoms. The van der Waals surface area contributed by atoms with Crippen molar-refractivity contribution in [3.05, 3.63) is 66.0 Å². The molecule has 1 saturated carbocycles. The highest BCUT2D eigenvalue weighted by atomic mass is 16.5. The Labute approximate surface area is 177 Å². The molecule has 0 bridgehead atoms. The fraction of sp³-hybridized carbons (Fsp3) is 0.400. The van der Waals surface area contributed by atoms with Gasteiger partial charge in [0, 0.05) is 29.9 Å². The molecule has 0 saturated heterocycles. The van der Waals surface area contributed by atoms with E-state index in [1.165, 1.54) is 10.9 Å². The number of rotatable bonds is 6. The Morgan fingerprint density at radius 1 is 1.10 bits per heavy atom. The van der Waals surface area contributed by atoms with Gasteiger partial charge in [-0.2, -0.15) is 0 Å². The summed E-state index contributed by atoms with van der Waals surface area (Å²) in [7, 11) is 1.57. The van der Waals surface area contributed by atoms with E-state index in [2.05, 4.69) is 46.5 Å². The topological polar surface area (TPSA) is 64.1 Å². The van der Waals surface area contributed by atoms with E-state index in [1.54, 1.807) is 25.4 Å². The van der Waals surface area contributed by atoms with Gasteiger partial charge in [0.1, 0.15) is 0 Å². The number of amides is 1. The number of para-hydroxylation sites is 1. The molecule has 1 fully saturated rings. The number of nitrogens with one attached hydrogen (secondary N) is 1. The van der Waals surface area contributed by atoms with E-state index < -0.39 is 0 Å². The monoisotopic (exact) mass is 403 g/mol. The normalized spacial score (nSPS) is 19.9. The van der Waals surface area contributed by atoms with E-state index in [-0.39, 0.29) is 11.9 Å². The van der Waals surface area contributed by atoms with Crippen molar-refractivity contribution >= 4 is 16.8 Å². The summed E-state index contributed by atoms with van der Waals surface area (Å²) in [4.78, 5) is 21.4. The van der Waals surface area contributed by atoms with Gasteiger partial charge in [-0.25, -0.2) is 4.98 Å². The number of methoxy groups -OCH3 is 1. The molecule has 0 unspecified atom stereocenters. The average Bonchev–Trinajstić information content (AvgIpc) is 2.82. The molecule has 1 aromatic carbocycles. The maximum atomic E-state index is 12.7. The molecule has 0 spiro atoms. The zero-order valence-corrected chi connectivity index (χ0v) is 17.7. The quantitative estimate of drug-likeness (QED) is 0.620. The van der Waals surface area contributed by atoms with Crippen LogP contribution in [0.5, 0.6) is 5.88 Å². The number of nitrogens with zero attached hydrogens (tertiary/aromatic N) is 2. The summed E-state index contributed by atoms with van der Waals surface area (Å²) in [6, 6.07) is 14.3. The van der Waals surface area contributed by atoms with Crippen LogP contribution in [0.4, 0.5) is 0 Å². The van der Waals surface area contributed by atoms with Crippen molar-refractivity contribution in [3.63, 3.8) is 0 Å². The zero-order valence-electron chi connectivity index (χ0n) is 17.7. The van der Waals surface area contributed by atoms with Gasteiger partial charge in [-0.3, -0.25) is 9.78 Å². The molecule has 156 valence electrons. The van der Waals surface area contributed by atoms with Gasteiger partial charge in [-0.1, -0.05) is 25.1 Å². The molecule has 5 heteroatoms. The van der Waals surface area contributed by atoms with Gasteiger partial charge in [0.25, 0.3) is 5.91 Å². The summed E-state index contributed by atoms with van der Waals surface area (Å²) < 4.78 is 5.07.